The number of hydrogen-bond acceptors (Lipinski definition) is 6. The Morgan fingerprint density at radius 3 is 2.17 bits per heavy atom. The van der Waals surface area contributed by atoms with Gasteiger partial charge in [0.25, 0.3) is 0 Å². The Labute approximate surface area is 238 Å². The predicted molar refractivity (Wildman–Crippen MR) is 159 cm³/mol. The standard InChI is InChI=1S/C32H40N2O5S/c1-22(2)30-21-34-16-8-10-23(3)31(34)32(30)40(35,36)29-13-11-26(12-14-29)39-17-9-15-33(5)24(4)25-18-27(37-6)20-28(19-25)38-7/h8,10-14,16,18-22,24H,9,15,17H2,1-7H3. The van der Waals surface area contributed by atoms with Gasteiger partial charge in [0.1, 0.15) is 22.1 Å². The average Bonchev–Trinajstić information content (AvgIpc) is 3.37. The van der Waals surface area contributed by atoms with Crippen LogP contribution in [-0.2, 0) is 9.84 Å². The molecule has 2 aromatic carbocycles. The van der Waals surface area contributed by atoms with Gasteiger partial charge in [-0.15, -0.1) is 0 Å². The Bertz CT molecular complexity index is 1540. The van der Waals surface area contributed by atoms with E-state index in [4.69, 9.17) is 14.2 Å². The zero-order valence-electron chi connectivity index (χ0n) is 24.5. The molecule has 7 nitrogen and oxygen atoms in total. The van der Waals surface area contributed by atoms with Crippen molar-refractivity contribution in [3.63, 3.8) is 0 Å². The molecule has 4 aromatic rings. The van der Waals surface area contributed by atoms with Gasteiger partial charge >= 0.3 is 0 Å². The summed E-state index contributed by atoms with van der Waals surface area (Å²) in [5, 5.41) is 0. The van der Waals surface area contributed by atoms with Crippen LogP contribution in [0.25, 0.3) is 5.52 Å². The molecular weight excluding hydrogens is 524 g/mol. The molecule has 0 N–H and O–H groups in total. The quantitative estimate of drug-likeness (QED) is 0.179. The molecule has 0 amide bonds. The van der Waals surface area contributed by atoms with E-state index in [1.54, 1.807) is 38.5 Å². The molecule has 40 heavy (non-hydrogen) atoms. The van der Waals surface area contributed by atoms with E-state index in [1.807, 2.05) is 67.9 Å². The fraction of sp³-hybridized carbons (Fsp3) is 0.375. The first-order valence-electron chi connectivity index (χ1n) is 13.6. The van der Waals surface area contributed by atoms with E-state index in [2.05, 4.69) is 18.9 Å². The van der Waals surface area contributed by atoms with E-state index < -0.39 is 9.84 Å². The second-order valence-corrected chi connectivity index (χ2v) is 12.4. The number of benzene rings is 2. The van der Waals surface area contributed by atoms with Gasteiger partial charge in [0, 0.05) is 31.0 Å². The molecule has 0 aliphatic rings. The fourth-order valence-corrected chi connectivity index (χ4v) is 6.79. The third kappa shape index (κ3) is 6.13. The van der Waals surface area contributed by atoms with Crippen LogP contribution in [0.2, 0.25) is 0 Å². The number of fused-ring (bicyclic) bond motifs is 1. The van der Waals surface area contributed by atoms with E-state index in [9.17, 15) is 8.42 Å². The van der Waals surface area contributed by atoms with Gasteiger partial charge in [-0.1, -0.05) is 19.9 Å². The van der Waals surface area contributed by atoms with Gasteiger partial charge in [0.15, 0.2) is 0 Å². The van der Waals surface area contributed by atoms with Crippen molar-refractivity contribution >= 4 is 15.4 Å². The van der Waals surface area contributed by atoms with E-state index >= 15 is 0 Å². The Balaban J connectivity index is 1.40. The van der Waals surface area contributed by atoms with Crippen LogP contribution in [0.4, 0.5) is 0 Å². The minimum Gasteiger partial charge on any atom is -0.497 e. The molecule has 0 saturated heterocycles. The summed E-state index contributed by atoms with van der Waals surface area (Å²) < 4.78 is 46.3. The summed E-state index contributed by atoms with van der Waals surface area (Å²) in [5.41, 5.74) is 3.60. The minimum atomic E-state index is -3.72. The van der Waals surface area contributed by atoms with Crippen LogP contribution in [0.5, 0.6) is 17.2 Å². The van der Waals surface area contributed by atoms with Crippen molar-refractivity contribution in [1.29, 1.82) is 0 Å². The van der Waals surface area contributed by atoms with Gasteiger partial charge in [0.05, 0.1) is 31.2 Å². The lowest BCUT2D eigenvalue weighted by molar-refractivity contribution is 0.225. The summed E-state index contributed by atoms with van der Waals surface area (Å²) in [7, 11) is 1.66. The molecule has 2 heterocycles. The largest absolute Gasteiger partial charge is 0.497 e. The van der Waals surface area contributed by atoms with Crippen LogP contribution in [0.15, 0.2) is 76.8 Å². The molecule has 0 fully saturated rings. The third-order valence-electron chi connectivity index (χ3n) is 7.45. The van der Waals surface area contributed by atoms with Gasteiger partial charge in [0.2, 0.25) is 9.84 Å². The number of hydrogen-bond donors (Lipinski definition) is 0. The highest BCUT2D eigenvalue weighted by molar-refractivity contribution is 7.91. The summed E-state index contributed by atoms with van der Waals surface area (Å²) in [4.78, 5) is 2.91. The number of nitrogens with zero attached hydrogens (tertiary/aromatic N) is 2. The van der Waals surface area contributed by atoms with Gasteiger partial charge in [-0.25, -0.2) is 8.42 Å². The molecular formula is C32H40N2O5S. The van der Waals surface area contributed by atoms with E-state index in [-0.39, 0.29) is 16.9 Å². The predicted octanol–water partition coefficient (Wildman–Crippen LogP) is 6.68. The number of methoxy groups -OCH3 is 2. The first-order chi connectivity index (χ1) is 19.1. The van der Waals surface area contributed by atoms with Crippen LogP contribution in [0, 0.1) is 6.92 Å². The molecule has 0 radical (unpaired) electrons. The number of ether oxygens (including phenoxy) is 3. The second kappa shape index (κ2) is 12.4. The zero-order valence-corrected chi connectivity index (χ0v) is 25.3. The molecule has 0 aliphatic heterocycles. The number of aromatic nitrogens is 1. The molecule has 8 heteroatoms. The van der Waals surface area contributed by atoms with Crippen LogP contribution in [0.3, 0.4) is 0 Å². The van der Waals surface area contributed by atoms with Crippen molar-refractivity contribution in [2.75, 3.05) is 34.4 Å². The molecule has 2 aromatic heterocycles. The van der Waals surface area contributed by atoms with Crippen LogP contribution in [0.1, 0.15) is 55.8 Å². The number of rotatable bonds is 12. The molecule has 0 bridgehead atoms. The maximum atomic E-state index is 13.8. The van der Waals surface area contributed by atoms with E-state index in [0.717, 1.165) is 46.7 Å². The molecule has 1 unspecified atom stereocenters. The van der Waals surface area contributed by atoms with E-state index in [0.29, 0.717) is 17.3 Å². The maximum Gasteiger partial charge on any atom is 0.209 e. The topological polar surface area (TPSA) is 69.5 Å². The Hall–Kier alpha value is -3.49. The van der Waals surface area contributed by atoms with Gasteiger partial charge in [-0.2, -0.15) is 0 Å². The highest BCUT2D eigenvalue weighted by Gasteiger charge is 2.28. The van der Waals surface area contributed by atoms with E-state index in [1.165, 1.54) is 0 Å². The van der Waals surface area contributed by atoms with Gasteiger partial charge in [-0.05, 0) is 92.4 Å². The van der Waals surface area contributed by atoms with Crippen LogP contribution < -0.4 is 14.2 Å². The van der Waals surface area contributed by atoms with Crippen molar-refractivity contribution < 1.29 is 22.6 Å². The molecule has 214 valence electrons. The zero-order chi connectivity index (χ0) is 29.0. The first-order valence-corrected chi connectivity index (χ1v) is 15.1. The molecule has 0 saturated carbocycles. The second-order valence-electron chi connectivity index (χ2n) is 10.5. The highest BCUT2D eigenvalue weighted by Crippen LogP contribution is 2.36. The summed E-state index contributed by atoms with van der Waals surface area (Å²) in [6.45, 7) is 9.48. The van der Waals surface area contributed by atoms with Gasteiger partial charge in [-0.3, -0.25) is 4.90 Å². The average molecular weight is 565 g/mol. The molecule has 1 atom stereocenters. The van der Waals surface area contributed by atoms with Crippen molar-refractivity contribution in [3.05, 3.63) is 83.7 Å². The maximum absolute atomic E-state index is 13.8. The molecule has 0 spiro atoms. The van der Waals surface area contributed by atoms with Crippen molar-refractivity contribution in [1.82, 2.24) is 9.30 Å². The number of pyridine rings is 1. The molecule has 4 rings (SSSR count). The van der Waals surface area contributed by atoms with Crippen molar-refractivity contribution in [2.24, 2.45) is 0 Å². The summed E-state index contributed by atoms with van der Waals surface area (Å²) >= 11 is 0. The first kappa shape index (κ1) is 29.5. The summed E-state index contributed by atoms with van der Waals surface area (Å²) in [6.07, 6.45) is 4.64. The smallest absolute Gasteiger partial charge is 0.209 e. The third-order valence-corrected chi connectivity index (χ3v) is 9.31. The van der Waals surface area contributed by atoms with Crippen molar-refractivity contribution in [2.45, 2.75) is 55.9 Å². The normalized spacial score (nSPS) is 12.7. The summed E-state index contributed by atoms with van der Waals surface area (Å²) in [6, 6.07) is 16.7. The lowest BCUT2D eigenvalue weighted by Crippen LogP contribution is -2.24. The lowest BCUT2D eigenvalue weighted by atomic mass is 10.1. The Morgan fingerprint density at radius 2 is 1.57 bits per heavy atom. The Morgan fingerprint density at radius 1 is 0.925 bits per heavy atom. The number of aryl methyl sites for hydroxylation is 1. The van der Waals surface area contributed by atoms with Crippen molar-refractivity contribution in [3.8, 4) is 17.2 Å². The SMILES string of the molecule is COc1cc(OC)cc(C(C)N(C)CCCOc2ccc(S(=O)(=O)c3c(C(C)C)cn4cccc(C)c34)cc2)c1. The molecule has 0 aliphatic carbocycles. The Kier molecular flexibility index (Phi) is 9.11. The minimum absolute atomic E-state index is 0.0680. The summed E-state index contributed by atoms with van der Waals surface area (Å²) in [5.74, 6) is 2.25. The monoisotopic (exact) mass is 564 g/mol. The highest BCUT2D eigenvalue weighted by atomic mass is 32.2. The van der Waals surface area contributed by atoms with Gasteiger partial charge < -0.3 is 18.6 Å². The van der Waals surface area contributed by atoms with Crippen LogP contribution in [-0.4, -0.2) is 52.1 Å². The lowest BCUT2D eigenvalue weighted by Gasteiger charge is -2.25. The number of sulfone groups is 1. The van der Waals surface area contributed by atoms with Crippen LogP contribution >= 0.6 is 0 Å². The fourth-order valence-electron chi connectivity index (χ4n) is 4.94.